The Morgan fingerprint density at radius 3 is 3.10 bits per heavy atom. The van der Waals surface area contributed by atoms with E-state index in [1.807, 2.05) is 6.08 Å². The van der Waals surface area contributed by atoms with Crippen molar-refractivity contribution in [2.45, 2.75) is 19.3 Å². The minimum absolute atomic E-state index is 0.736. The van der Waals surface area contributed by atoms with Crippen LogP contribution in [0.25, 0.3) is 0 Å². The van der Waals surface area contributed by atoms with Gasteiger partial charge in [0.25, 0.3) is 0 Å². The molecule has 1 aliphatic heterocycles. The molecule has 1 radical (unpaired) electrons. The van der Waals surface area contributed by atoms with Crippen molar-refractivity contribution in [3.63, 3.8) is 0 Å². The van der Waals surface area contributed by atoms with Gasteiger partial charge in [-0.05, 0) is 38.3 Å². The van der Waals surface area contributed by atoms with Crippen LogP contribution in [0.15, 0.2) is 12.7 Å². The molecular formula is C9H16N. The summed E-state index contributed by atoms with van der Waals surface area (Å²) < 4.78 is 0. The third-order valence-corrected chi connectivity index (χ3v) is 1.99. The Morgan fingerprint density at radius 2 is 2.30 bits per heavy atom. The van der Waals surface area contributed by atoms with Gasteiger partial charge < -0.3 is 5.32 Å². The number of allylic oxidation sites excluding steroid dienone is 1. The van der Waals surface area contributed by atoms with Crippen molar-refractivity contribution in [2.75, 3.05) is 13.1 Å². The molecule has 1 unspecified atom stereocenters. The Morgan fingerprint density at radius 1 is 1.40 bits per heavy atom. The molecule has 1 saturated heterocycles. The molecule has 0 saturated carbocycles. The van der Waals surface area contributed by atoms with Gasteiger partial charge in [0, 0.05) is 0 Å². The van der Waals surface area contributed by atoms with Crippen LogP contribution in [0.4, 0.5) is 0 Å². The van der Waals surface area contributed by atoms with Gasteiger partial charge in [-0.2, -0.15) is 0 Å². The molecule has 0 spiro atoms. The van der Waals surface area contributed by atoms with Crippen LogP contribution in [-0.2, 0) is 0 Å². The molecular weight excluding hydrogens is 123 g/mol. The summed E-state index contributed by atoms with van der Waals surface area (Å²) in [6, 6.07) is 0. The maximum Gasteiger partial charge on any atom is -0.00147 e. The highest BCUT2D eigenvalue weighted by molar-refractivity contribution is 4.93. The molecule has 1 aliphatic rings. The second-order valence-electron chi connectivity index (χ2n) is 2.89. The lowest BCUT2D eigenvalue weighted by Gasteiger charge is -2.09. The third kappa shape index (κ3) is 2.53. The molecule has 0 aromatic heterocycles. The summed E-state index contributed by atoms with van der Waals surface area (Å²) in [6.45, 7) is 6.04. The molecule has 57 valence electrons. The summed E-state index contributed by atoms with van der Waals surface area (Å²) in [5, 5.41) is 3.40. The highest BCUT2D eigenvalue weighted by Gasteiger charge is 2.09. The average Bonchev–Trinajstić information content (AvgIpc) is 2.17. The van der Waals surface area contributed by atoms with Crippen LogP contribution in [-0.4, -0.2) is 13.1 Å². The minimum Gasteiger partial charge on any atom is -0.316 e. The lowest BCUT2D eigenvalue weighted by Crippen LogP contribution is -2.20. The summed E-state index contributed by atoms with van der Waals surface area (Å²) in [5.41, 5.74) is 0. The van der Waals surface area contributed by atoms with Gasteiger partial charge in [-0.25, -0.2) is 0 Å². The van der Waals surface area contributed by atoms with Crippen molar-refractivity contribution in [2.24, 2.45) is 5.92 Å². The predicted molar refractivity (Wildman–Crippen MR) is 44.7 cm³/mol. The lowest BCUT2D eigenvalue weighted by atomic mass is 10.1. The first-order valence-electron chi connectivity index (χ1n) is 4.10. The van der Waals surface area contributed by atoms with E-state index in [1.54, 1.807) is 0 Å². The SMILES string of the molecule is C=C[CH]C1CCCCN[13CH2]1. The van der Waals surface area contributed by atoms with E-state index in [0.29, 0.717) is 0 Å². The number of nitrogens with one attached hydrogen (secondary N) is 1. The van der Waals surface area contributed by atoms with Crippen molar-refractivity contribution in [1.82, 2.24) is 5.32 Å². The van der Waals surface area contributed by atoms with Crippen LogP contribution >= 0.6 is 0 Å². The van der Waals surface area contributed by atoms with Gasteiger partial charge in [-0.3, -0.25) is 0 Å². The zero-order valence-electron chi connectivity index (χ0n) is 6.47. The monoisotopic (exact) mass is 139 g/mol. The van der Waals surface area contributed by atoms with E-state index in [2.05, 4.69) is 18.3 Å². The Kier molecular flexibility index (Phi) is 3.52. The molecule has 0 aromatic carbocycles. The fraction of sp³-hybridized carbons (Fsp3) is 0.667. The first-order valence-corrected chi connectivity index (χ1v) is 4.10. The van der Waals surface area contributed by atoms with Crippen molar-refractivity contribution < 1.29 is 0 Å². The van der Waals surface area contributed by atoms with E-state index < -0.39 is 0 Å². The van der Waals surface area contributed by atoms with Crippen LogP contribution in [0.3, 0.4) is 0 Å². The summed E-state index contributed by atoms with van der Waals surface area (Å²) >= 11 is 0. The first kappa shape index (κ1) is 7.80. The van der Waals surface area contributed by atoms with Crippen LogP contribution in [0.1, 0.15) is 19.3 Å². The molecule has 0 aromatic rings. The molecule has 1 N–H and O–H groups in total. The van der Waals surface area contributed by atoms with Crippen LogP contribution in [0.2, 0.25) is 0 Å². The van der Waals surface area contributed by atoms with E-state index in [9.17, 15) is 0 Å². The second kappa shape index (κ2) is 4.51. The summed E-state index contributed by atoms with van der Waals surface area (Å²) in [7, 11) is 0. The number of rotatable bonds is 2. The smallest absolute Gasteiger partial charge is 0.00147 e. The maximum atomic E-state index is 3.70. The van der Waals surface area contributed by atoms with Crippen molar-refractivity contribution >= 4 is 0 Å². The van der Waals surface area contributed by atoms with Gasteiger partial charge in [0.2, 0.25) is 0 Å². The fourth-order valence-electron chi connectivity index (χ4n) is 1.40. The topological polar surface area (TPSA) is 12.0 Å². The maximum absolute atomic E-state index is 3.70. The van der Waals surface area contributed by atoms with Crippen molar-refractivity contribution in [3.05, 3.63) is 19.1 Å². The second-order valence-corrected chi connectivity index (χ2v) is 2.89. The van der Waals surface area contributed by atoms with E-state index in [0.717, 1.165) is 12.5 Å². The Bertz CT molecular complexity index is 90.9. The van der Waals surface area contributed by atoms with E-state index in [1.165, 1.54) is 25.8 Å². The predicted octanol–water partition coefficient (Wildman–Crippen LogP) is 1.77. The van der Waals surface area contributed by atoms with Gasteiger partial charge in [0.15, 0.2) is 0 Å². The molecule has 0 amide bonds. The third-order valence-electron chi connectivity index (χ3n) is 1.99. The molecule has 10 heavy (non-hydrogen) atoms. The fourth-order valence-corrected chi connectivity index (χ4v) is 1.40. The van der Waals surface area contributed by atoms with Crippen LogP contribution in [0.5, 0.6) is 0 Å². The number of hydrogen-bond donors (Lipinski definition) is 1. The van der Waals surface area contributed by atoms with Crippen LogP contribution < -0.4 is 5.32 Å². The Balaban J connectivity index is 2.21. The zero-order valence-corrected chi connectivity index (χ0v) is 6.47. The highest BCUT2D eigenvalue weighted by atomic mass is 15.0. The van der Waals surface area contributed by atoms with Crippen molar-refractivity contribution in [1.29, 1.82) is 0 Å². The minimum atomic E-state index is 0.736. The molecule has 1 heterocycles. The zero-order chi connectivity index (χ0) is 7.23. The average molecular weight is 139 g/mol. The van der Waals surface area contributed by atoms with E-state index in [-0.39, 0.29) is 0 Å². The molecule has 1 fully saturated rings. The van der Waals surface area contributed by atoms with Gasteiger partial charge in [0.1, 0.15) is 0 Å². The summed E-state index contributed by atoms with van der Waals surface area (Å²) in [5.74, 6) is 0.736. The van der Waals surface area contributed by atoms with Gasteiger partial charge in [0.05, 0.1) is 0 Å². The summed E-state index contributed by atoms with van der Waals surface area (Å²) in [4.78, 5) is 0. The first-order chi connectivity index (χ1) is 4.93. The van der Waals surface area contributed by atoms with Gasteiger partial charge in [-0.15, -0.1) is 6.58 Å². The molecule has 0 bridgehead atoms. The molecule has 1 atom stereocenters. The molecule has 0 aliphatic carbocycles. The van der Waals surface area contributed by atoms with Crippen molar-refractivity contribution in [3.8, 4) is 0 Å². The number of hydrogen-bond acceptors (Lipinski definition) is 1. The Hall–Kier alpha value is -0.300. The van der Waals surface area contributed by atoms with Gasteiger partial charge in [-0.1, -0.05) is 12.5 Å². The molecule has 1 rings (SSSR count). The molecule has 1 nitrogen and oxygen atoms in total. The van der Waals surface area contributed by atoms with Gasteiger partial charge >= 0.3 is 0 Å². The van der Waals surface area contributed by atoms with E-state index in [4.69, 9.17) is 0 Å². The van der Waals surface area contributed by atoms with Crippen LogP contribution in [0, 0.1) is 12.3 Å². The molecule has 1 heteroatoms. The summed E-state index contributed by atoms with van der Waals surface area (Å²) in [6.07, 6.45) is 8.15. The Labute approximate surface area is 63.5 Å². The lowest BCUT2D eigenvalue weighted by molar-refractivity contribution is 0.555. The highest BCUT2D eigenvalue weighted by Crippen LogP contribution is 2.13. The largest absolute Gasteiger partial charge is 0.316 e. The standard InChI is InChI=1S/C9H16N/c1-2-5-9-6-3-4-7-10-8-9/h2,5,9-10H,1,3-4,6-8H2/i8+1. The van der Waals surface area contributed by atoms with E-state index >= 15 is 0 Å². The quantitative estimate of drug-likeness (QED) is 0.575. The normalized spacial score (nSPS) is 27.4.